The molecule has 2 aromatic carbocycles. The molecule has 0 saturated carbocycles. The average molecular weight is 386 g/mol. The van der Waals surface area contributed by atoms with Gasteiger partial charge in [0.2, 0.25) is 0 Å². The summed E-state index contributed by atoms with van der Waals surface area (Å²) in [5, 5.41) is 8.04. The second-order valence-electron chi connectivity index (χ2n) is 5.64. The second-order valence-corrected chi connectivity index (χ2v) is 5.64. The van der Waals surface area contributed by atoms with Crippen LogP contribution in [0.3, 0.4) is 0 Å². The molecule has 0 aromatic heterocycles. The predicted octanol–water partition coefficient (Wildman–Crippen LogP) is 1.95. The molecular weight excluding hydrogens is 364 g/mol. The molecule has 0 bridgehead atoms. The van der Waals surface area contributed by atoms with E-state index in [4.69, 9.17) is 15.2 Å². The summed E-state index contributed by atoms with van der Waals surface area (Å²) in [6.07, 6.45) is 0. The van der Waals surface area contributed by atoms with Crippen LogP contribution >= 0.6 is 0 Å². The zero-order valence-electron chi connectivity index (χ0n) is 15.6. The average Bonchev–Trinajstić information content (AvgIpc) is 2.66. The van der Waals surface area contributed by atoms with E-state index in [1.807, 2.05) is 6.92 Å². The molecule has 9 heteroatoms. The van der Waals surface area contributed by atoms with Gasteiger partial charge in [0.25, 0.3) is 11.8 Å². The molecule has 0 aliphatic carbocycles. The highest BCUT2D eigenvalue weighted by Gasteiger charge is 2.12. The van der Waals surface area contributed by atoms with Crippen molar-refractivity contribution >= 4 is 29.2 Å². The summed E-state index contributed by atoms with van der Waals surface area (Å²) in [5.74, 6) is -0.411. The number of nitrogens with two attached hydrogens (primary N) is 1. The van der Waals surface area contributed by atoms with Crippen molar-refractivity contribution in [1.82, 2.24) is 5.32 Å². The van der Waals surface area contributed by atoms with Crippen molar-refractivity contribution in [3.05, 3.63) is 48.0 Å². The van der Waals surface area contributed by atoms with Crippen LogP contribution in [0.1, 0.15) is 17.3 Å². The van der Waals surface area contributed by atoms with Gasteiger partial charge >= 0.3 is 6.03 Å². The van der Waals surface area contributed by atoms with E-state index in [-0.39, 0.29) is 18.5 Å². The SMILES string of the molecule is CCNC(=O)Nc1cccc(NC(=O)c2ccc(OCC(N)=O)c(OC)c2)c1. The Morgan fingerprint density at radius 3 is 2.36 bits per heavy atom. The van der Waals surface area contributed by atoms with Crippen molar-refractivity contribution in [2.45, 2.75) is 6.92 Å². The third kappa shape index (κ3) is 5.90. The standard InChI is InChI=1S/C19H22N4O5/c1-3-21-19(26)23-14-6-4-5-13(10-14)22-18(25)12-7-8-15(16(9-12)27-2)28-11-17(20)24/h4-10H,3,11H2,1-2H3,(H2,20,24)(H,22,25)(H2,21,23,26). The minimum Gasteiger partial charge on any atom is -0.493 e. The van der Waals surface area contributed by atoms with Gasteiger partial charge in [0.15, 0.2) is 18.1 Å². The topological polar surface area (TPSA) is 132 Å². The van der Waals surface area contributed by atoms with E-state index in [0.29, 0.717) is 35.0 Å². The molecule has 0 saturated heterocycles. The van der Waals surface area contributed by atoms with E-state index in [9.17, 15) is 14.4 Å². The Balaban J connectivity index is 2.10. The van der Waals surface area contributed by atoms with Crippen LogP contribution in [0.25, 0.3) is 0 Å². The Morgan fingerprint density at radius 2 is 1.71 bits per heavy atom. The smallest absolute Gasteiger partial charge is 0.319 e. The number of nitrogens with one attached hydrogen (secondary N) is 3. The number of hydrogen-bond acceptors (Lipinski definition) is 5. The van der Waals surface area contributed by atoms with Gasteiger partial charge in [-0.05, 0) is 43.3 Å². The number of ether oxygens (including phenoxy) is 2. The number of methoxy groups -OCH3 is 1. The van der Waals surface area contributed by atoms with Gasteiger partial charge in [-0.2, -0.15) is 0 Å². The molecule has 2 rings (SSSR count). The lowest BCUT2D eigenvalue weighted by atomic mass is 10.1. The van der Waals surface area contributed by atoms with Crippen LogP contribution in [0.4, 0.5) is 16.2 Å². The first kappa shape index (κ1) is 20.6. The maximum absolute atomic E-state index is 12.5. The maximum atomic E-state index is 12.5. The first-order chi connectivity index (χ1) is 13.4. The fourth-order valence-electron chi connectivity index (χ4n) is 2.29. The number of urea groups is 1. The molecule has 0 atom stereocenters. The van der Waals surface area contributed by atoms with Crippen LogP contribution in [0.2, 0.25) is 0 Å². The fraction of sp³-hybridized carbons (Fsp3) is 0.211. The van der Waals surface area contributed by atoms with E-state index in [1.54, 1.807) is 24.3 Å². The first-order valence-electron chi connectivity index (χ1n) is 8.48. The lowest BCUT2D eigenvalue weighted by Crippen LogP contribution is -2.28. The van der Waals surface area contributed by atoms with Crippen LogP contribution in [-0.4, -0.2) is 38.1 Å². The normalized spacial score (nSPS) is 9.93. The quantitative estimate of drug-likeness (QED) is 0.551. The molecule has 2 aromatic rings. The van der Waals surface area contributed by atoms with Gasteiger partial charge in [0.1, 0.15) is 0 Å². The van der Waals surface area contributed by atoms with E-state index >= 15 is 0 Å². The molecule has 0 aliphatic heterocycles. The fourth-order valence-corrected chi connectivity index (χ4v) is 2.29. The van der Waals surface area contributed by atoms with E-state index < -0.39 is 5.91 Å². The number of amides is 4. The van der Waals surface area contributed by atoms with Crippen LogP contribution in [-0.2, 0) is 4.79 Å². The minimum atomic E-state index is -0.620. The summed E-state index contributed by atoms with van der Waals surface area (Å²) in [7, 11) is 1.42. The molecule has 28 heavy (non-hydrogen) atoms. The number of anilines is 2. The van der Waals surface area contributed by atoms with Crippen molar-refractivity contribution in [2.24, 2.45) is 5.73 Å². The Labute approximate surface area is 162 Å². The summed E-state index contributed by atoms with van der Waals surface area (Å²) in [6, 6.07) is 11.0. The number of primary amides is 1. The summed E-state index contributed by atoms with van der Waals surface area (Å²) in [5.41, 5.74) is 6.43. The molecule has 0 spiro atoms. The highest BCUT2D eigenvalue weighted by molar-refractivity contribution is 6.05. The summed E-state index contributed by atoms with van der Waals surface area (Å²) < 4.78 is 10.4. The summed E-state index contributed by atoms with van der Waals surface area (Å²) in [4.78, 5) is 35.0. The van der Waals surface area contributed by atoms with E-state index in [0.717, 1.165) is 0 Å². The van der Waals surface area contributed by atoms with Crippen LogP contribution in [0, 0.1) is 0 Å². The van der Waals surface area contributed by atoms with Crippen LogP contribution < -0.4 is 31.2 Å². The number of benzene rings is 2. The third-order valence-electron chi connectivity index (χ3n) is 3.51. The lowest BCUT2D eigenvalue weighted by molar-refractivity contribution is -0.119. The number of rotatable bonds is 8. The lowest BCUT2D eigenvalue weighted by Gasteiger charge is -2.12. The van der Waals surface area contributed by atoms with Gasteiger partial charge in [0, 0.05) is 23.5 Å². The van der Waals surface area contributed by atoms with E-state index in [1.165, 1.54) is 25.3 Å². The van der Waals surface area contributed by atoms with Crippen molar-refractivity contribution in [1.29, 1.82) is 0 Å². The molecule has 4 amide bonds. The highest BCUT2D eigenvalue weighted by Crippen LogP contribution is 2.28. The Hall–Kier alpha value is -3.75. The first-order valence-corrected chi connectivity index (χ1v) is 8.48. The Kier molecular flexibility index (Phi) is 7.21. The molecule has 0 fully saturated rings. The molecule has 0 radical (unpaired) electrons. The Morgan fingerprint density at radius 1 is 1.00 bits per heavy atom. The van der Waals surface area contributed by atoms with Crippen LogP contribution in [0.5, 0.6) is 11.5 Å². The van der Waals surface area contributed by atoms with Crippen molar-refractivity contribution in [2.75, 3.05) is 30.9 Å². The largest absolute Gasteiger partial charge is 0.493 e. The summed E-state index contributed by atoms with van der Waals surface area (Å²) >= 11 is 0. The number of carbonyl (C=O) groups is 3. The number of hydrogen-bond donors (Lipinski definition) is 4. The molecular formula is C19H22N4O5. The van der Waals surface area contributed by atoms with Crippen molar-refractivity contribution in [3.63, 3.8) is 0 Å². The summed E-state index contributed by atoms with van der Waals surface area (Å²) in [6.45, 7) is 2.02. The molecule has 5 N–H and O–H groups in total. The maximum Gasteiger partial charge on any atom is 0.319 e. The van der Waals surface area contributed by atoms with Gasteiger partial charge in [-0.15, -0.1) is 0 Å². The highest BCUT2D eigenvalue weighted by atomic mass is 16.5. The van der Waals surface area contributed by atoms with Gasteiger partial charge in [-0.1, -0.05) is 6.07 Å². The molecule has 0 unspecified atom stereocenters. The predicted molar refractivity (Wildman–Crippen MR) is 105 cm³/mol. The van der Waals surface area contributed by atoms with Crippen LogP contribution in [0.15, 0.2) is 42.5 Å². The van der Waals surface area contributed by atoms with Gasteiger partial charge in [0.05, 0.1) is 7.11 Å². The van der Waals surface area contributed by atoms with Crippen molar-refractivity contribution < 1.29 is 23.9 Å². The molecule has 0 aliphatic rings. The zero-order valence-corrected chi connectivity index (χ0v) is 15.6. The molecule has 9 nitrogen and oxygen atoms in total. The monoisotopic (exact) mass is 386 g/mol. The molecule has 0 heterocycles. The minimum absolute atomic E-state index is 0.292. The third-order valence-corrected chi connectivity index (χ3v) is 3.51. The second kappa shape index (κ2) is 9.81. The Bertz CT molecular complexity index is 869. The van der Waals surface area contributed by atoms with Gasteiger partial charge in [-0.25, -0.2) is 4.79 Å². The zero-order chi connectivity index (χ0) is 20.5. The van der Waals surface area contributed by atoms with Gasteiger partial charge in [-0.3, -0.25) is 9.59 Å². The molecule has 148 valence electrons. The van der Waals surface area contributed by atoms with Crippen molar-refractivity contribution in [3.8, 4) is 11.5 Å². The van der Waals surface area contributed by atoms with Gasteiger partial charge < -0.3 is 31.2 Å². The number of carbonyl (C=O) groups excluding carboxylic acids is 3. The van der Waals surface area contributed by atoms with E-state index in [2.05, 4.69) is 16.0 Å².